The van der Waals surface area contributed by atoms with Crippen LogP contribution in [0.15, 0.2) is 43.0 Å². The number of amides is 1. The van der Waals surface area contributed by atoms with E-state index in [0.717, 1.165) is 5.56 Å². The van der Waals surface area contributed by atoms with E-state index in [1.807, 2.05) is 50.0 Å². The monoisotopic (exact) mass is 441 g/mol. The molecule has 0 fully saturated rings. The second-order valence-electron chi connectivity index (χ2n) is 7.61. The number of alkyl carbamates (subject to hydrolysis) is 1. The van der Waals surface area contributed by atoms with Gasteiger partial charge < -0.3 is 19.0 Å². The van der Waals surface area contributed by atoms with Crippen LogP contribution in [0, 0.1) is 0 Å². The molecule has 0 saturated heterocycles. The summed E-state index contributed by atoms with van der Waals surface area (Å²) in [5, 5.41) is 2.51. The molecule has 0 aliphatic rings. The molecule has 1 rings (SSSR count). The molecule has 0 bridgehead atoms. The summed E-state index contributed by atoms with van der Waals surface area (Å²) in [5.41, 5.74) is 0.828. The highest BCUT2D eigenvalue weighted by molar-refractivity contribution is 7.60. The van der Waals surface area contributed by atoms with Gasteiger partial charge in [-0.15, -0.1) is 6.58 Å². The predicted molar refractivity (Wildman–Crippen MR) is 117 cm³/mol. The maximum Gasteiger partial charge on any atom is 0.408 e. The predicted octanol–water partition coefficient (Wildman–Crippen LogP) is 4.55. The number of hydrogen-bond donors (Lipinski definition) is 1. The topological polar surface area (TPSA) is 90.9 Å². The Hall–Kier alpha value is -1.89. The van der Waals surface area contributed by atoms with Crippen molar-refractivity contribution in [3.8, 4) is 0 Å². The molecule has 0 spiro atoms. The van der Waals surface area contributed by atoms with Crippen LogP contribution in [0.4, 0.5) is 4.79 Å². The first kappa shape index (κ1) is 25.1. The van der Waals surface area contributed by atoms with Crippen LogP contribution in [0.5, 0.6) is 0 Å². The Balaban J connectivity index is 2.73. The fourth-order valence-electron chi connectivity index (χ4n) is 2.61. The molecule has 29 heavy (non-hydrogen) atoms. The Kier molecular flexibility index (Phi) is 10.4. The molecule has 1 amide bonds. The van der Waals surface area contributed by atoms with Gasteiger partial charge in [0, 0.05) is 12.3 Å². The number of carbonyl (C=O) groups excluding carboxylic acids is 2. The summed E-state index contributed by atoms with van der Waals surface area (Å²) in [6.07, 6.45) is 2.15. The van der Waals surface area contributed by atoms with Crippen LogP contribution in [0.25, 0.3) is 0 Å². The lowest BCUT2D eigenvalue weighted by Gasteiger charge is -2.27. The normalized spacial score (nSPS) is 14.3. The zero-order valence-electron chi connectivity index (χ0n) is 17.7. The lowest BCUT2D eigenvalue weighted by Crippen LogP contribution is -2.42. The summed E-state index contributed by atoms with van der Waals surface area (Å²) in [5.74, 6) is -0.620. The summed E-state index contributed by atoms with van der Waals surface area (Å²) >= 11 is 0. The van der Waals surface area contributed by atoms with Crippen molar-refractivity contribution in [3.05, 3.63) is 48.6 Å². The molecule has 9 heteroatoms. The van der Waals surface area contributed by atoms with Gasteiger partial charge in [0.15, 0.2) is 15.7 Å². The zero-order valence-corrected chi connectivity index (χ0v) is 19.6. The number of methoxy groups -OCH3 is 1. The van der Waals surface area contributed by atoms with E-state index in [4.69, 9.17) is 13.7 Å². The molecule has 1 aromatic rings. The number of benzene rings is 1. The zero-order chi connectivity index (χ0) is 21.9. The molecular weight excluding hydrogens is 409 g/mol. The lowest BCUT2D eigenvalue weighted by atomic mass is 10.2. The van der Waals surface area contributed by atoms with E-state index >= 15 is 0 Å². The summed E-state index contributed by atoms with van der Waals surface area (Å²) < 4.78 is 29.2. The molecule has 1 aromatic carbocycles. The number of rotatable bonds is 12. The summed E-state index contributed by atoms with van der Waals surface area (Å²) in [6.45, 7) is 9.64. The summed E-state index contributed by atoms with van der Waals surface area (Å²) in [6, 6.07) is 8.24. The number of nitrogens with one attached hydrogen (secondary N) is 1. The van der Waals surface area contributed by atoms with E-state index in [2.05, 4.69) is 11.9 Å². The number of hydrogen-bond acceptors (Lipinski definition) is 6. The Morgan fingerprint density at radius 1 is 1.21 bits per heavy atom. The number of esters is 1. The maximum absolute atomic E-state index is 13.3. The second-order valence-corrected chi connectivity index (χ2v) is 15.1. The van der Waals surface area contributed by atoms with Crippen LogP contribution in [-0.4, -0.2) is 45.9 Å². The van der Waals surface area contributed by atoms with Gasteiger partial charge in [0.1, 0.15) is 12.6 Å². The lowest BCUT2D eigenvalue weighted by molar-refractivity contribution is -0.143. The van der Waals surface area contributed by atoms with Crippen LogP contribution < -0.4 is 5.32 Å². The van der Waals surface area contributed by atoms with E-state index in [0.29, 0.717) is 12.6 Å². The Bertz CT molecular complexity index is 719. The third-order valence-corrected chi connectivity index (χ3v) is 9.26. The number of allylic oxidation sites excluding steroid dienone is 1. The minimum absolute atomic E-state index is 0.0805. The molecule has 0 radical (unpaired) electrons. The smallest absolute Gasteiger partial charge is 0.408 e. The highest BCUT2D eigenvalue weighted by Crippen LogP contribution is 2.50. The van der Waals surface area contributed by atoms with Crippen molar-refractivity contribution >= 4 is 27.7 Å². The Labute approximate surface area is 174 Å². The molecular formula is C20H32NO6PSi. The van der Waals surface area contributed by atoms with Crippen molar-refractivity contribution in [2.24, 2.45) is 0 Å². The average Bonchev–Trinajstić information content (AvgIpc) is 2.67. The molecule has 1 unspecified atom stereocenters. The first-order chi connectivity index (χ1) is 13.6. The second kappa shape index (κ2) is 12.0. The van der Waals surface area contributed by atoms with Crippen molar-refractivity contribution < 1.29 is 27.8 Å². The van der Waals surface area contributed by atoms with Gasteiger partial charge in [0.05, 0.1) is 7.11 Å². The van der Waals surface area contributed by atoms with Crippen molar-refractivity contribution in [2.75, 3.05) is 19.4 Å². The highest BCUT2D eigenvalue weighted by atomic mass is 31.2. The molecule has 162 valence electrons. The Morgan fingerprint density at radius 3 is 2.41 bits per heavy atom. The van der Waals surface area contributed by atoms with Gasteiger partial charge in [-0.2, -0.15) is 0 Å². The first-order valence-corrected chi connectivity index (χ1v) is 14.9. The number of ether oxygens (including phenoxy) is 2. The molecule has 0 saturated carbocycles. The van der Waals surface area contributed by atoms with Crippen LogP contribution in [0.1, 0.15) is 18.4 Å². The first-order valence-electron chi connectivity index (χ1n) is 9.53. The molecule has 0 aliphatic heterocycles. The molecule has 0 aromatic heterocycles. The fraction of sp³-hybridized carbons (Fsp3) is 0.500. The highest BCUT2D eigenvalue weighted by Gasteiger charge is 2.32. The van der Waals surface area contributed by atoms with Gasteiger partial charge in [-0.3, -0.25) is 4.57 Å². The van der Waals surface area contributed by atoms with Crippen molar-refractivity contribution in [2.45, 2.75) is 45.1 Å². The van der Waals surface area contributed by atoms with Gasteiger partial charge in [-0.1, -0.05) is 36.4 Å². The van der Waals surface area contributed by atoms with Crippen LogP contribution in [0.3, 0.4) is 0 Å². The molecule has 0 aliphatic carbocycles. The van der Waals surface area contributed by atoms with Gasteiger partial charge in [0.25, 0.3) is 0 Å². The SMILES string of the molecule is C=CCCP(=O)(CC[C@H](NC(=O)OCc1ccccc1)C(=O)OC)O[Si](C)(C)C. The van der Waals surface area contributed by atoms with Crippen molar-refractivity contribution in [3.63, 3.8) is 0 Å². The standard InChI is InChI=1S/C20H32NO6PSi/c1-6-7-14-28(24,27-29(3,4)5)15-13-18(19(22)25-2)21-20(23)26-16-17-11-9-8-10-12-17/h6,8-12,18H,1,7,13-16H2,2-5H3,(H,21,23)/t18-,28?/m0/s1. The van der Waals surface area contributed by atoms with Crippen molar-refractivity contribution in [1.29, 1.82) is 0 Å². The van der Waals surface area contributed by atoms with Gasteiger partial charge in [0.2, 0.25) is 0 Å². The minimum atomic E-state index is -2.98. The molecule has 2 atom stereocenters. The third-order valence-electron chi connectivity index (χ3n) is 3.86. The van der Waals surface area contributed by atoms with Crippen LogP contribution >= 0.6 is 7.37 Å². The molecule has 1 N–H and O–H groups in total. The largest absolute Gasteiger partial charge is 0.467 e. The van der Waals surface area contributed by atoms with Crippen molar-refractivity contribution in [1.82, 2.24) is 5.32 Å². The summed E-state index contributed by atoms with van der Waals surface area (Å²) in [4.78, 5) is 24.2. The quantitative estimate of drug-likeness (QED) is 0.221. The maximum atomic E-state index is 13.3. The number of carbonyl (C=O) groups is 2. The fourth-order valence-corrected chi connectivity index (χ4v) is 8.79. The molecule has 0 heterocycles. The van der Waals surface area contributed by atoms with E-state index in [-0.39, 0.29) is 19.2 Å². The average molecular weight is 442 g/mol. The van der Waals surface area contributed by atoms with E-state index < -0.39 is 33.8 Å². The summed E-state index contributed by atoms with van der Waals surface area (Å²) in [7, 11) is -3.80. The van der Waals surface area contributed by atoms with Gasteiger partial charge >= 0.3 is 12.1 Å². The van der Waals surface area contributed by atoms with Gasteiger partial charge in [-0.25, -0.2) is 9.59 Å². The van der Waals surface area contributed by atoms with E-state index in [1.165, 1.54) is 7.11 Å². The Morgan fingerprint density at radius 2 is 1.86 bits per heavy atom. The minimum Gasteiger partial charge on any atom is -0.467 e. The third kappa shape index (κ3) is 10.4. The van der Waals surface area contributed by atoms with E-state index in [1.54, 1.807) is 6.08 Å². The van der Waals surface area contributed by atoms with E-state index in [9.17, 15) is 14.2 Å². The van der Waals surface area contributed by atoms with Gasteiger partial charge in [-0.05, 0) is 38.0 Å². The molecule has 7 nitrogen and oxygen atoms in total. The van der Waals surface area contributed by atoms with Crippen LogP contribution in [-0.2, 0) is 29.7 Å². The van der Waals surface area contributed by atoms with Crippen LogP contribution in [0.2, 0.25) is 19.6 Å².